The summed E-state index contributed by atoms with van der Waals surface area (Å²) >= 11 is 0. The van der Waals surface area contributed by atoms with Gasteiger partial charge in [-0.3, -0.25) is 9.59 Å². The fourth-order valence-electron chi connectivity index (χ4n) is 2.66. The third kappa shape index (κ3) is 2.23. The lowest BCUT2D eigenvalue weighted by Gasteiger charge is -2.25. The van der Waals surface area contributed by atoms with E-state index in [0.29, 0.717) is 11.1 Å². The van der Waals surface area contributed by atoms with Crippen molar-refractivity contribution in [2.45, 2.75) is 26.2 Å². The number of methoxy groups -OCH3 is 2. The summed E-state index contributed by atoms with van der Waals surface area (Å²) in [4.78, 5) is 24.7. The predicted molar refractivity (Wildman–Crippen MR) is 70.2 cm³/mol. The maximum atomic E-state index is 12.5. The van der Waals surface area contributed by atoms with Crippen LogP contribution in [0.5, 0.6) is 0 Å². The third-order valence-corrected chi connectivity index (χ3v) is 3.64. The van der Waals surface area contributed by atoms with E-state index in [1.807, 2.05) is 6.08 Å². The van der Waals surface area contributed by atoms with Crippen LogP contribution in [-0.4, -0.2) is 25.8 Å². The Hall–Kier alpha value is -1.84. The summed E-state index contributed by atoms with van der Waals surface area (Å²) in [6.07, 6.45) is 7.03. The van der Waals surface area contributed by atoms with Gasteiger partial charge in [0.15, 0.2) is 0 Å². The molecule has 19 heavy (non-hydrogen) atoms. The molecule has 0 amide bonds. The molecule has 2 aliphatic rings. The van der Waals surface area contributed by atoms with Crippen molar-refractivity contribution in [1.29, 1.82) is 0 Å². The van der Waals surface area contributed by atoms with Gasteiger partial charge in [0.2, 0.25) is 23.1 Å². The fraction of sp³-hybridized carbons (Fsp3) is 0.467. The highest BCUT2D eigenvalue weighted by Crippen LogP contribution is 2.34. The Morgan fingerprint density at radius 3 is 2.26 bits per heavy atom. The average molecular weight is 262 g/mol. The molecule has 0 radical (unpaired) electrons. The van der Waals surface area contributed by atoms with Crippen molar-refractivity contribution in [2.24, 2.45) is 5.92 Å². The molecule has 1 atom stereocenters. The minimum atomic E-state index is -0.257. The SMILES string of the molecule is COC1=C(OC)C(=O)C(C2C=CCCC2)=C(C)C1=O. The molecule has 102 valence electrons. The van der Waals surface area contributed by atoms with E-state index in [1.165, 1.54) is 14.2 Å². The number of Topliss-reactive ketones (excluding diaryl/α,β-unsaturated/α-hetero) is 2. The Bertz CT molecular complexity index is 508. The fourth-order valence-corrected chi connectivity index (χ4v) is 2.66. The second kappa shape index (κ2) is 5.43. The Kier molecular flexibility index (Phi) is 3.88. The van der Waals surface area contributed by atoms with E-state index in [2.05, 4.69) is 6.08 Å². The molecule has 0 aliphatic heterocycles. The van der Waals surface area contributed by atoms with Crippen LogP contribution in [0, 0.1) is 5.92 Å². The number of carbonyl (C=O) groups excluding carboxylic acids is 2. The van der Waals surface area contributed by atoms with Crippen molar-refractivity contribution >= 4 is 11.6 Å². The van der Waals surface area contributed by atoms with Crippen LogP contribution in [-0.2, 0) is 19.1 Å². The van der Waals surface area contributed by atoms with Gasteiger partial charge in [-0.05, 0) is 26.2 Å². The first-order chi connectivity index (χ1) is 9.11. The molecule has 0 fully saturated rings. The van der Waals surface area contributed by atoms with E-state index in [-0.39, 0.29) is 29.0 Å². The normalized spacial score (nSPS) is 24.1. The van der Waals surface area contributed by atoms with Crippen molar-refractivity contribution in [3.05, 3.63) is 34.8 Å². The summed E-state index contributed by atoms with van der Waals surface area (Å²) < 4.78 is 10.1. The van der Waals surface area contributed by atoms with Crippen molar-refractivity contribution in [3.8, 4) is 0 Å². The smallest absolute Gasteiger partial charge is 0.228 e. The number of rotatable bonds is 3. The van der Waals surface area contributed by atoms with Gasteiger partial charge in [0.05, 0.1) is 14.2 Å². The summed E-state index contributed by atoms with van der Waals surface area (Å²) in [5, 5.41) is 0. The molecule has 0 aromatic carbocycles. The van der Waals surface area contributed by atoms with Crippen molar-refractivity contribution in [1.82, 2.24) is 0 Å². The summed E-state index contributed by atoms with van der Waals surface area (Å²) in [7, 11) is 2.76. The number of ether oxygens (including phenoxy) is 2. The highest BCUT2D eigenvalue weighted by atomic mass is 16.5. The number of carbonyl (C=O) groups is 2. The molecule has 4 heteroatoms. The molecule has 0 spiro atoms. The highest BCUT2D eigenvalue weighted by Gasteiger charge is 2.37. The molecule has 0 saturated heterocycles. The van der Waals surface area contributed by atoms with E-state index in [0.717, 1.165) is 19.3 Å². The number of ketones is 2. The minimum absolute atomic E-state index is 0.00791. The second-order valence-corrected chi connectivity index (χ2v) is 4.73. The van der Waals surface area contributed by atoms with Gasteiger partial charge in [-0.2, -0.15) is 0 Å². The molecule has 2 rings (SSSR count). The van der Waals surface area contributed by atoms with Gasteiger partial charge in [0.1, 0.15) is 0 Å². The van der Waals surface area contributed by atoms with Crippen LogP contribution in [0.3, 0.4) is 0 Å². The summed E-state index contributed by atoms with van der Waals surface area (Å²) in [5.41, 5.74) is 1.03. The first-order valence-corrected chi connectivity index (χ1v) is 6.40. The van der Waals surface area contributed by atoms with Gasteiger partial charge >= 0.3 is 0 Å². The molecule has 0 N–H and O–H groups in total. The van der Waals surface area contributed by atoms with Crippen LogP contribution in [0.2, 0.25) is 0 Å². The molecule has 0 saturated carbocycles. The van der Waals surface area contributed by atoms with Gasteiger partial charge in [-0.15, -0.1) is 0 Å². The molecule has 4 nitrogen and oxygen atoms in total. The standard InChI is InChI=1S/C15H18O4/c1-9-11(10-7-5-4-6-8-10)13(17)15(19-3)14(18-2)12(9)16/h5,7,10H,4,6,8H2,1-3H3. The van der Waals surface area contributed by atoms with E-state index >= 15 is 0 Å². The zero-order valence-electron chi connectivity index (χ0n) is 11.5. The van der Waals surface area contributed by atoms with E-state index in [1.54, 1.807) is 6.92 Å². The van der Waals surface area contributed by atoms with Crippen molar-refractivity contribution in [2.75, 3.05) is 14.2 Å². The monoisotopic (exact) mass is 262 g/mol. The van der Waals surface area contributed by atoms with Gasteiger partial charge in [-0.1, -0.05) is 12.2 Å². The van der Waals surface area contributed by atoms with Gasteiger partial charge in [-0.25, -0.2) is 0 Å². The lowest BCUT2D eigenvalue weighted by Crippen LogP contribution is -2.28. The molecule has 0 aromatic rings. The Balaban J connectivity index is 2.47. The van der Waals surface area contributed by atoms with E-state index < -0.39 is 0 Å². The van der Waals surface area contributed by atoms with Crippen LogP contribution in [0.15, 0.2) is 34.8 Å². The first-order valence-electron chi connectivity index (χ1n) is 6.40. The quantitative estimate of drug-likeness (QED) is 0.578. The van der Waals surface area contributed by atoms with Crippen LogP contribution in [0.4, 0.5) is 0 Å². The zero-order valence-corrected chi connectivity index (χ0v) is 11.5. The lowest BCUT2D eigenvalue weighted by molar-refractivity contribution is -0.121. The van der Waals surface area contributed by atoms with Crippen LogP contribution >= 0.6 is 0 Å². The predicted octanol–water partition coefficient (Wildman–Crippen LogP) is 2.32. The molecular weight excluding hydrogens is 244 g/mol. The number of hydrogen-bond acceptors (Lipinski definition) is 4. The third-order valence-electron chi connectivity index (χ3n) is 3.64. The van der Waals surface area contributed by atoms with Gasteiger partial charge in [0, 0.05) is 17.1 Å². The first kappa shape index (κ1) is 13.6. The van der Waals surface area contributed by atoms with Crippen LogP contribution in [0.25, 0.3) is 0 Å². The summed E-state index contributed by atoms with van der Waals surface area (Å²) in [6.45, 7) is 1.68. The maximum absolute atomic E-state index is 12.5. The van der Waals surface area contributed by atoms with Gasteiger partial charge in [0.25, 0.3) is 0 Å². The van der Waals surface area contributed by atoms with Crippen molar-refractivity contribution < 1.29 is 19.1 Å². The summed E-state index contributed by atoms with van der Waals surface area (Å²) in [6, 6.07) is 0. The topological polar surface area (TPSA) is 52.6 Å². The van der Waals surface area contributed by atoms with E-state index in [9.17, 15) is 9.59 Å². The highest BCUT2D eigenvalue weighted by molar-refractivity contribution is 6.23. The molecule has 0 heterocycles. The average Bonchev–Trinajstić information content (AvgIpc) is 2.44. The minimum Gasteiger partial charge on any atom is -0.489 e. The summed E-state index contributed by atoms with van der Waals surface area (Å²) in [5.74, 6) is -0.449. The van der Waals surface area contributed by atoms with Crippen molar-refractivity contribution in [3.63, 3.8) is 0 Å². The molecular formula is C15H18O4. The Labute approximate surface area is 112 Å². The van der Waals surface area contributed by atoms with Crippen LogP contribution < -0.4 is 0 Å². The Morgan fingerprint density at radius 2 is 1.74 bits per heavy atom. The molecule has 2 aliphatic carbocycles. The molecule has 1 unspecified atom stereocenters. The largest absolute Gasteiger partial charge is 0.489 e. The van der Waals surface area contributed by atoms with Crippen LogP contribution in [0.1, 0.15) is 26.2 Å². The number of hydrogen-bond donors (Lipinski definition) is 0. The van der Waals surface area contributed by atoms with Gasteiger partial charge < -0.3 is 9.47 Å². The second-order valence-electron chi connectivity index (χ2n) is 4.73. The Morgan fingerprint density at radius 1 is 1.11 bits per heavy atom. The molecule has 0 aromatic heterocycles. The van der Waals surface area contributed by atoms with E-state index in [4.69, 9.17) is 9.47 Å². The number of allylic oxidation sites excluding steroid dienone is 4. The lowest BCUT2D eigenvalue weighted by atomic mass is 9.80. The maximum Gasteiger partial charge on any atom is 0.228 e. The molecule has 0 bridgehead atoms. The zero-order chi connectivity index (χ0) is 14.0.